The predicted octanol–water partition coefficient (Wildman–Crippen LogP) is 2.07. The third kappa shape index (κ3) is 1.93. The van der Waals surface area contributed by atoms with Gasteiger partial charge in [-0.25, -0.2) is 9.50 Å². The largest absolute Gasteiger partial charge is 0.508 e. The first-order chi connectivity index (χ1) is 9.15. The molecule has 6 heteroatoms. The Bertz CT molecular complexity index is 750. The van der Waals surface area contributed by atoms with Crippen LogP contribution in [0, 0.1) is 6.92 Å². The highest BCUT2D eigenvalue weighted by atomic mass is 16.3. The second-order valence-corrected chi connectivity index (χ2v) is 4.26. The van der Waals surface area contributed by atoms with Crippen LogP contribution in [0.1, 0.15) is 5.56 Å². The molecule has 0 radical (unpaired) electrons. The maximum atomic E-state index is 9.49. The van der Waals surface area contributed by atoms with Gasteiger partial charge in [0, 0.05) is 29.7 Å². The highest BCUT2D eigenvalue weighted by Gasteiger charge is 2.11. The first kappa shape index (κ1) is 11.3. The van der Waals surface area contributed by atoms with Crippen molar-refractivity contribution in [3.8, 4) is 5.75 Å². The zero-order valence-electron chi connectivity index (χ0n) is 10.3. The minimum Gasteiger partial charge on any atom is -0.508 e. The summed E-state index contributed by atoms with van der Waals surface area (Å²) < 4.78 is 1.62. The fourth-order valence-electron chi connectivity index (χ4n) is 1.92. The van der Waals surface area contributed by atoms with Gasteiger partial charge in [-0.3, -0.25) is 0 Å². The van der Waals surface area contributed by atoms with E-state index >= 15 is 0 Å². The molecule has 0 aliphatic rings. The van der Waals surface area contributed by atoms with Crippen molar-refractivity contribution < 1.29 is 5.11 Å². The quantitative estimate of drug-likeness (QED) is 0.652. The van der Waals surface area contributed by atoms with Crippen molar-refractivity contribution in [3.05, 3.63) is 42.2 Å². The summed E-state index contributed by atoms with van der Waals surface area (Å²) in [5, 5.41) is 16.9. The normalized spacial score (nSPS) is 10.8. The molecule has 4 N–H and O–H groups in total. The van der Waals surface area contributed by atoms with Crippen molar-refractivity contribution in [1.29, 1.82) is 0 Å². The number of phenols is 1. The summed E-state index contributed by atoms with van der Waals surface area (Å²) in [6, 6.07) is 6.87. The van der Waals surface area contributed by atoms with Gasteiger partial charge in [-0.2, -0.15) is 0 Å². The Morgan fingerprint density at radius 1 is 1.37 bits per heavy atom. The molecule has 0 amide bonds. The van der Waals surface area contributed by atoms with E-state index in [1.165, 1.54) is 0 Å². The molecule has 0 bridgehead atoms. The summed E-state index contributed by atoms with van der Waals surface area (Å²) in [6.07, 6.45) is 3.40. The van der Waals surface area contributed by atoms with Crippen molar-refractivity contribution in [2.24, 2.45) is 0 Å². The van der Waals surface area contributed by atoms with Gasteiger partial charge in [-0.05, 0) is 19.1 Å². The SMILES string of the molecule is Cc1c(N)nn2ccnc2c1Nc1cccc(O)c1. The predicted molar refractivity (Wildman–Crippen MR) is 73.5 cm³/mol. The summed E-state index contributed by atoms with van der Waals surface area (Å²) in [7, 11) is 0. The molecule has 0 fully saturated rings. The standard InChI is InChI=1S/C13H13N5O/c1-8-11(16-9-3-2-4-10(19)7-9)13-15-5-6-18(13)17-12(8)14/h2-7,16,19H,1H3,(H2,14,17). The average Bonchev–Trinajstić information content (AvgIpc) is 2.83. The molecule has 3 aromatic rings. The zero-order valence-corrected chi connectivity index (χ0v) is 10.3. The Kier molecular flexibility index (Phi) is 2.49. The molecule has 0 spiro atoms. The number of aromatic nitrogens is 3. The summed E-state index contributed by atoms with van der Waals surface area (Å²) >= 11 is 0. The second-order valence-electron chi connectivity index (χ2n) is 4.26. The molecule has 0 aliphatic heterocycles. The molecule has 0 unspecified atom stereocenters. The molecule has 96 valence electrons. The van der Waals surface area contributed by atoms with Crippen LogP contribution in [0.15, 0.2) is 36.7 Å². The number of imidazole rings is 1. The Hall–Kier alpha value is -2.76. The minimum atomic E-state index is 0.198. The van der Waals surface area contributed by atoms with E-state index in [1.54, 1.807) is 35.1 Å². The van der Waals surface area contributed by atoms with Gasteiger partial charge in [-0.1, -0.05) is 6.07 Å². The lowest BCUT2D eigenvalue weighted by Crippen LogP contribution is -2.05. The summed E-state index contributed by atoms with van der Waals surface area (Å²) in [5.41, 5.74) is 8.93. The molecular weight excluding hydrogens is 242 g/mol. The third-order valence-electron chi connectivity index (χ3n) is 2.94. The number of phenolic OH excluding ortho intramolecular Hbond substituents is 1. The van der Waals surface area contributed by atoms with Crippen molar-refractivity contribution in [2.45, 2.75) is 6.92 Å². The van der Waals surface area contributed by atoms with Gasteiger partial charge in [0.25, 0.3) is 0 Å². The van der Waals surface area contributed by atoms with E-state index in [4.69, 9.17) is 5.73 Å². The number of nitrogens with two attached hydrogens (primary N) is 1. The van der Waals surface area contributed by atoms with E-state index in [0.29, 0.717) is 11.5 Å². The lowest BCUT2D eigenvalue weighted by atomic mass is 10.2. The van der Waals surface area contributed by atoms with Crippen LogP contribution < -0.4 is 11.1 Å². The van der Waals surface area contributed by atoms with Crippen LogP contribution in [0.3, 0.4) is 0 Å². The lowest BCUT2D eigenvalue weighted by molar-refractivity contribution is 0.475. The number of benzene rings is 1. The van der Waals surface area contributed by atoms with Gasteiger partial charge in [0.2, 0.25) is 0 Å². The van der Waals surface area contributed by atoms with Crippen molar-refractivity contribution >= 4 is 22.8 Å². The van der Waals surface area contributed by atoms with E-state index in [0.717, 1.165) is 16.9 Å². The maximum absolute atomic E-state index is 9.49. The molecule has 6 nitrogen and oxygen atoms in total. The van der Waals surface area contributed by atoms with Crippen molar-refractivity contribution in [3.63, 3.8) is 0 Å². The minimum absolute atomic E-state index is 0.198. The zero-order chi connectivity index (χ0) is 13.4. The smallest absolute Gasteiger partial charge is 0.177 e. The number of aromatic hydroxyl groups is 1. The molecule has 0 atom stereocenters. The second kappa shape index (κ2) is 4.16. The number of nitrogen functional groups attached to an aromatic ring is 1. The van der Waals surface area contributed by atoms with Crippen LogP contribution in [0.4, 0.5) is 17.2 Å². The maximum Gasteiger partial charge on any atom is 0.177 e. The highest BCUT2D eigenvalue weighted by molar-refractivity contribution is 5.79. The van der Waals surface area contributed by atoms with Crippen LogP contribution >= 0.6 is 0 Å². The van der Waals surface area contributed by atoms with E-state index in [9.17, 15) is 5.11 Å². The average molecular weight is 255 g/mol. The van der Waals surface area contributed by atoms with E-state index < -0.39 is 0 Å². The Morgan fingerprint density at radius 2 is 2.21 bits per heavy atom. The fraction of sp³-hybridized carbons (Fsp3) is 0.0769. The van der Waals surface area contributed by atoms with Gasteiger partial charge in [0.1, 0.15) is 11.6 Å². The van der Waals surface area contributed by atoms with Crippen LogP contribution in [0.25, 0.3) is 5.65 Å². The van der Waals surface area contributed by atoms with Crippen molar-refractivity contribution in [2.75, 3.05) is 11.1 Å². The molecule has 1 aromatic carbocycles. The van der Waals surface area contributed by atoms with Gasteiger partial charge < -0.3 is 16.2 Å². The summed E-state index contributed by atoms with van der Waals surface area (Å²) in [5.74, 6) is 0.636. The topological polar surface area (TPSA) is 88.5 Å². The number of rotatable bonds is 2. The Morgan fingerprint density at radius 3 is 3.00 bits per heavy atom. The molecule has 19 heavy (non-hydrogen) atoms. The van der Waals surface area contributed by atoms with Gasteiger partial charge in [-0.15, -0.1) is 5.10 Å². The first-order valence-electron chi connectivity index (χ1n) is 5.80. The molecule has 3 rings (SSSR count). The fourth-order valence-corrected chi connectivity index (χ4v) is 1.92. The number of hydrogen-bond donors (Lipinski definition) is 3. The van der Waals surface area contributed by atoms with Gasteiger partial charge >= 0.3 is 0 Å². The first-order valence-corrected chi connectivity index (χ1v) is 5.80. The van der Waals surface area contributed by atoms with Crippen LogP contribution in [0.2, 0.25) is 0 Å². The lowest BCUT2D eigenvalue weighted by Gasteiger charge is -2.12. The molecule has 0 saturated carbocycles. The van der Waals surface area contributed by atoms with Crippen LogP contribution in [0.5, 0.6) is 5.75 Å². The van der Waals surface area contributed by atoms with Gasteiger partial charge in [0.15, 0.2) is 5.65 Å². The van der Waals surface area contributed by atoms with Crippen molar-refractivity contribution in [1.82, 2.24) is 14.6 Å². The Balaban J connectivity index is 2.14. The number of anilines is 3. The molecule has 2 aromatic heterocycles. The third-order valence-corrected chi connectivity index (χ3v) is 2.94. The van der Waals surface area contributed by atoms with Crippen LogP contribution in [-0.2, 0) is 0 Å². The number of hydrogen-bond acceptors (Lipinski definition) is 5. The number of fused-ring (bicyclic) bond motifs is 1. The summed E-state index contributed by atoms with van der Waals surface area (Å²) in [6.45, 7) is 1.88. The molecule has 0 aliphatic carbocycles. The number of nitrogens with one attached hydrogen (secondary N) is 1. The highest BCUT2D eigenvalue weighted by Crippen LogP contribution is 2.28. The Labute approximate surface area is 109 Å². The monoisotopic (exact) mass is 255 g/mol. The van der Waals surface area contributed by atoms with E-state index in [1.807, 2.05) is 13.0 Å². The molecular formula is C13H13N5O. The van der Waals surface area contributed by atoms with E-state index in [2.05, 4.69) is 15.4 Å². The van der Waals surface area contributed by atoms with Crippen LogP contribution in [-0.4, -0.2) is 19.7 Å². The molecule has 2 heterocycles. The summed E-state index contributed by atoms with van der Waals surface area (Å²) in [4.78, 5) is 4.26. The van der Waals surface area contributed by atoms with E-state index in [-0.39, 0.29) is 5.75 Å². The van der Waals surface area contributed by atoms with Gasteiger partial charge in [0.05, 0.1) is 5.69 Å². The molecule has 0 saturated heterocycles. The number of nitrogens with zero attached hydrogens (tertiary/aromatic N) is 3.